The lowest BCUT2D eigenvalue weighted by Gasteiger charge is -2.35. The second kappa shape index (κ2) is 9.93. The molecular formula is C18H32N2O. The fraction of sp³-hybridized carbons (Fsp3) is 0.667. The Balaban J connectivity index is 2.79. The summed E-state index contributed by atoms with van der Waals surface area (Å²) in [7, 11) is 0. The van der Waals surface area contributed by atoms with Crippen molar-refractivity contribution < 1.29 is 4.74 Å². The molecule has 2 unspecified atom stereocenters. The lowest BCUT2D eigenvalue weighted by molar-refractivity contribution is 0.0902. The van der Waals surface area contributed by atoms with E-state index in [0.717, 1.165) is 32.8 Å². The number of aryl methyl sites for hydroxylation is 1. The molecule has 1 aromatic carbocycles. The highest BCUT2D eigenvalue weighted by atomic mass is 16.5. The zero-order valence-electron chi connectivity index (χ0n) is 14.4. The first kappa shape index (κ1) is 18.1. The van der Waals surface area contributed by atoms with Crippen molar-refractivity contribution in [2.24, 2.45) is 0 Å². The van der Waals surface area contributed by atoms with E-state index in [4.69, 9.17) is 4.74 Å². The van der Waals surface area contributed by atoms with Gasteiger partial charge in [0.1, 0.15) is 0 Å². The SMILES string of the molecule is CCNC(c1ccc(C)cc1)C(C)N(CC)CCOCC. The van der Waals surface area contributed by atoms with Gasteiger partial charge in [-0.05, 0) is 39.4 Å². The molecule has 0 aliphatic heterocycles. The molecule has 0 aliphatic carbocycles. The third-order valence-electron chi connectivity index (χ3n) is 4.05. The molecule has 0 amide bonds. The van der Waals surface area contributed by atoms with E-state index in [2.05, 4.69) is 62.2 Å². The lowest BCUT2D eigenvalue weighted by Crippen LogP contribution is -2.44. The number of nitrogens with zero attached hydrogens (tertiary/aromatic N) is 1. The van der Waals surface area contributed by atoms with Crippen LogP contribution >= 0.6 is 0 Å². The summed E-state index contributed by atoms with van der Waals surface area (Å²) in [5, 5.41) is 3.64. The molecule has 0 aliphatic rings. The predicted octanol–water partition coefficient (Wildman–Crippen LogP) is 3.39. The molecule has 2 atom stereocenters. The summed E-state index contributed by atoms with van der Waals surface area (Å²) in [4.78, 5) is 2.49. The summed E-state index contributed by atoms with van der Waals surface area (Å²) < 4.78 is 5.52. The monoisotopic (exact) mass is 292 g/mol. The summed E-state index contributed by atoms with van der Waals surface area (Å²) in [6.45, 7) is 15.5. The summed E-state index contributed by atoms with van der Waals surface area (Å²) in [6.07, 6.45) is 0. The van der Waals surface area contributed by atoms with Crippen molar-refractivity contribution in [3.63, 3.8) is 0 Å². The highest BCUT2D eigenvalue weighted by molar-refractivity contribution is 5.25. The highest BCUT2D eigenvalue weighted by Gasteiger charge is 2.23. The highest BCUT2D eigenvalue weighted by Crippen LogP contribution is 2.21. The maximum Gasteiger partial charge on any atom is 0.0593 e. The van der Waals surface area contributed by atoms with Crippen LogP contribution in [0.2, 0.25) is 0 Å². The second-order valence-electron chi connectivity index (χ2n) is 5.51. The zero-order chi connectivity index (χ0) is 15.7. The topological polar surface area (TPSA) is 24.5 Å². The molecule has 3 nitrogen and oxygen atoms in total. The van der Waals surface area contributed by atoms with Gasteiger partial charge in [0.05, 0.1) is 6.61 Å². The molecule has 0 spiro atoms. The van der Waals surface area contributed by atoms with E-state index in [9.17, 15) is 0 Å². The number of ether oxygens (including phenoxy) is 1. The Morgan fingerprint density at radius 3 is 2.33 bits per heavy atom. The molecule has 0 aromatic heterocycles. The van der Waals surface area contributed by atoms with E-state index < -0.39 is 0 Å². The summed E-state index contributed by atoms with van der Waals surface area (Å²) >= 11 is 0. The van der Waals surface area contributed by atoms with Gasteiger partial charge in [0.15, 0.2) is 0 Å². The third-order valence-corrected chi connectivity index (χ3v) is 4.05. The van der Waals surface area contributed by atoms with E-state index in [-0.39, 0.29) is 0 Å². The van der Waals surface area contributed by atoms with Crippen molar-refractivity contribution in [2.75, 3.05) is 32.8 Å². The second-order valence-corrected chi connectivity index (χ2v) is 5.51. The number of likely N-dealkylation sites (N-methyl/N-ethyl adjacent to an activating group) is 2. The first-order valence-corrected chi connectivity index (χ1v) is 8.25. The smallest absolute Gasteiger partial charge is 0.0593 e. The fourth-order valence-electron chi connectivity index (χ4n) is 2.75. The molecule has 1 aromatic rings. The van der Waals surface area contributed by atoms with Gasteiger partial charge in [0, 0.05) is 25.2 Å². The van der Waals surface area contributed by atoms with Crippen LogP contribution in [0.3, 0.4) is 0 Å². The van der Waals surface area contributed by atoms with Gasteiger partial charge in [-0.3, -0.25) is 4.90 Å². The van der Waals surface area contributed by atoms with Gasteiger partial charge in [-0.2, -0.15) is 0 Å². The molecular weight excluding hydrogens is 260 g/mol. The molecule has 1 N–H and O–H groups in total. The van der Waals surface area contributed by atoms with Crippen molar-refractivity contribution in [1.82, 2.24) is 10.2 Å². The maximum absolute atomic E-state index is 5.52. The van der Waals surface area contributed by atoms with E-state index in [1.807, 2.05) is 6.92 Å². The summed E-state index contributed by atoms with van der Waals surface area (Å²) in [5.74, 6) is 0. The average Bonchev–Trinajstić information content (AvgIpc) is 2.50. The molecule has 21 heavy (non-hydrogen) atoms. The van der Waals surface area contributed by atoms with E-state index >= 15 is 0 Å². The lowest BCUT2D eigenvalue weighted by atomic mass is 9.98. The Hall–Kier alpha value is -0.900. The van der Waals surface area contributed by atoms with E-state index in [1.165, 1.54) is 11.1 Å². The number of hydrogen-bond acceptors (Lipinski definition) is 3. The average molecular weight is 292 g/mol. The molecule has 0 radical (unpaired) electrons. The Kier molecular flexibility index (Phi) is 8.58. The van der Waals surface area contributed by atoms with Crippen LogP contribution < -0.4 is 5.32 Å². The van der Waals surface area contributed by atoms with Crippen LogP contribution in [-0.4, -0.2) is 43.8 Å². The van der Waals surface area contributed by atoms with Crippen LogP contribution in [0.1, 0.15) is 44.9 Å². The Morgan fingerprint density at radius 1 is 1.14 bits per heavy atom. The molecule has 0 heterocycles. The number of hydrogen-bond donors (Lipinski definition) is 1. The van der Waals surface area contributed by atoms with Crippen molar-refractivity contribution in [1.29, 1.82) is 0 Å². The van der Waals surface area contributed by atoms with Gasteiger partial charge >= 0.3 is 0 Å². The van der Waals surface area contributed by atoms with Crippen molar-refractivity contribution >= 4 is 0 Å². The molecule has 0 fully saturated rings. The largest absolute Gasteiger partial charge is 0.380 e. The Bertz CT molecular complexity index is 377. The first-order valence-electron chi connectivity index (χ1n) is 8.25. The minimum atomic E-state index is 0.358. The first-order chi connectivity index (χ1) is 10.1. The van der Waals surface area contributed by atoms with Crippen LogP contribution in [0.15, 0.2) is 24.3 Å². The van der Waals surface area contributed by atoms with Crippen LogP contribution in [0.5, 0.6) is 0 Å². The summed E-state index contributed by atoms with van der Waals surface area (Å²) in [6, 6.07) is 9.69. The van der Waals surface area contributed by atoms with Gasteiger partial charge < -0.3 is 10.1 Å². The molecule has 3 heteroatoms. The van der Waals surface area contributed by atoms with Crippen molar-refractivity contribution in [3.8, 4) is 0 Å². The van der Waals surface area contributed by atoms with E-state index in [1.54, 1.807) is 0 Å². The molecule has 1 rings (SSSR count). The van der Waals surface area contributed by atoms with Gasteiger partial charge in [-0.25, -0.2) is 0 Å². The maximum atomic E-state index is 5.52. The van der Waals surface area contributed by atoms with Gasteiger partial charge in [-0.1, -0.05) is 43.7 Å². The van der Waals surface area contributed by atoms with Crippen molar-refractivity contribution in [2.45, 2.75) is 46.7 Å². The zero-order valence-corrected chi connectivity index (χ0v) is 14.4. The number of rotatable bonds is 10. The van der Waals surface area contributed by atoms with Crippen LogP contribution in [-0.2, 0) is 4.74 Å². The summed E-state index contributed by atoms with van der Waals surface area (Å²) in [5.41, 5.74) is 2.68. The predicted molar refractivity (Wildman–Crippen MR) is 90.8 cm³/mol. The molecule has 0 saturated carbocycles. The quantitative estimate of drug-likeness (QED) is 0.669. The minimum absolute atomic E-state index is 0.358. The van der Waals surface area contributed by atoms with Crippen LogP contribution in [0.4, 0.5) is 0 Å². The fourth-order valence-corrected chi connectivity index (χ4v) is 2.75. The minimum Gasteiger partial charge on any atom is -0.380 e. The molecule has 0 saturated heterocycles. The van der Waals surface area contributed by atoms with Gasteiger partial charge in [0.2, 0.25) is 0 Å². The van der Waals surface area contributed by atoms with Crippen LogP contribution in [0.25, 0.3) is 0 Å². The Morgan fingerprint density at radius 2 is 1.81 bits per heavy atom. The van der Waals surface area contributed by atoms with Crippen molar-refractivity contribution in [3.05, 3.63) is 35.4 Å². The van der Waals surface area contributed by atoms with E-state index in [0.29, 0.717) is 12.1 Å². The van der Waals surface area contributed by atoms with Gasteiger partial charge in [0.25, 0.3) is 0 Å². The number of nitrogens with one attached hydrogen (secondary N) is 1. The number of benzene rings is 1. The molecule has 120 valence electrons. The normalized spacial score (nSPS) is 14.4. The van der Waals surface area contributed by atoms with Gasteiger partial charge in [-0.15, -0.1) is 0 Å². The standard InChI is InChI=1S/C18H32N2O/c1-6-19-18(17-11-9-15(4)10-12-17)16(5)20(7-2)13-14-21-8-3/h9-12,16,18-19H,6-8,13-14H2,1-5H3. The third kappa shape index (κ3) is 5.77. The molecule has 0 bridgehead atoms. The Labute approximate surface area is 130 Å². The van der Waals surface area contributed by atoms with Crippen LogP contribution in [0, 0.1) is 6.92 Å².